The lowest BCUT2D eigenvalue weighted by atomic mass is 9.79. The van der Waals surface area contributed by atoms with Crippen LogP contribution in [0.3, 0.4) is 0 Å². The summed E-state index contributed by atoms with van der Waals surface area (Å²) >= 11 is 0. The number of hydrogen-bond acceptors (Lipinski definition) is 5. The summed E-state index contributed by atoms with van der Waals surface area (Å²) in [7, 11) is 0. The van der Waals surface area contributed by atoms with Crippen LogP contribution in [-0.2, 0) is 14.3 Å². The van der Waals surface area contributed by atoms with Crippen LogP contribution >= 0.6 is 0 Å². The maximum atomic E-state index is 12.1. The minimum absolute atomic E-state index is 0.194. The number of rotatable bonds is 11. The van der Waals surface area contributed by atoms with E-state index in [1.165, 1.54) is 0 Å². The van der Waals surface area contributed by atoms with Crippen molar-refractivity contribution in [3.63, 3.8) is 0 Å². The van der Waals surface area contributed by atoms with Gasteiger partial charge in [-0.15, -0.1) is 0 Å². The molecule has 0 aromatic rings. The van der Waals surface area contributed by atoms with Gasteiger partial charge in [-0.1, -0.05) is 26.7 Å². The number of nitrogens with two attached hydrogens (primary N) is 1. The molecule has 5 nitrogen and oxygen atoms in total. The molecule has 0 amide bonds. The third kappa shape index (κ3) is 11.6. The van der Waals surface area contributed by atoms with Crippen molar-refractivity contribution in [3.05, 3.63) is 0 Å². The van der Waals surface area contributed by atoms with Gasteiger partial charge in [0.25, 0.3) is 0 Å². The minimum atomic E-state index is -1.04. The lowest BCUT2D eigenvalue weighted by molar-refractivity contribution is -0.173. The first-order valence-corrected chi connectivity index (χ1v) is 9.43. The summed E-state index contributed by atoms with van der Waals surface area (Å²) in [4.78, 5) is 12.1. The van der Waals surface area contributed by atoms with Crippen molar-refractivity contribution in [2.75, 3.05) is 6.61 Å². The van der Waals surface area contributed by atoms with Crippen LogP contribution in [0, 0.1) is 5.41 Å². The van der Waals surface area contributed by atoms with Gasteiger partial charge in [0.05, 0.1) is 11.2 Å². The summed E-state index contributed by atoms with van der Waals surface area (Å²) in [5, 5.41) is 9.67. The Morgan fingerprint density at radius 2 is 1.48 bits per heavy atom. The quantitative estimate of drug-likeness (QED) is 0.329. The van der Waals surface area contributed by atoms with Gasteiger partial charge in [-0.3, -0.25) is 10.5 Å². The molecule has 0 aliphatic heterocycles. The first-order valence-electron chi connectivity index (χ1n) is 9.43. The third-order valence-electron chi connectivity index (χ3n) is 4.60. The van der Waals surface area contributed by atoms with Crippen molar-refractivity contribution >= 4 is 5.97 Å². The molecule has 0 saturated carbocycles. The van der Waals surface area contributed by atoms with Gasteiger partial charge in [0.15, 0.2) is 5.72 Å². The Hall–Kier alpha value is -0.650. The van der Waals surface area contributed by atoms with E-state index in [1.807, 2.05) is 34.6 Å². The van der Waals surface area contributed by atoms with E-state index in [2.05, 4.69) is 0 Å². The van der Waals surface area contributed by atoms with Crippen LogP contribution in [-0.4, -0.2) is 34.6 Å². The van der Waals surface area contributed by atoms with E-state index >= 15 is 0 Å². The Morgan fingerprint density at radius 3 is 1.96 bits per heavy atom. The topological polar surface area (TPSA) is 81.8 Å². The molecule has 0 aromatic carbocycles. The molecule has 0 aliphatic rings. The van der Waals surface area contributed by atoms with Crippen LogP contribution < -0.4 is 5.73 Å². The summed E-state index contributed by atoms with van der Waals surface area (Å²) in [6.07, 6.45) is 4.33. The number of hydrogen-bond donors (Lipinski definition) is 2. The molecule has 0 spiro atoms. The molecule has 0 aliphatic carbocycles. The van der Waals surface area contributed by atoms with Crippen molar-refractivity contribution in [3.8, 4) is 0 Å². The third-order valence-corrected chi connectivity index (χ3v) is 4.60. The largest absolute Gasteiger partial charge is 0.444 e. The molecule has 0 heterocycles. The SMILES string of the molecule is CC(C)(O)CCCCCC(=O)OC(C)(N)C(C)(C)CCOC(C)(C)C. The van der Waals surface area contributed by atoms with Gasteiger partial charge < -0.3 is 14.6 Å². The molecule has 0 fully saturated rings. The molecule has 25 heavy (non-hydrogen) atoms. The molecule has 150 valence electrons. The van der Waals surface area contributed by atoms with Crippen LogP contribution in [0.5, 0.6) is 0 Å². The van der Waals surface area contributed by atoms with Crippen LogP contribution in [0.2, 0.25) is 0 Å². The zero-order valence-electron chi connectivity index (χ0n) is 17.7. The summed E-state index contributed by atoms with van der Waals surface area (Å²) in [6.45, 7) is 16.0. The number of unbranched alkanes of at least 4 members (excludes halogenated alkanes) is 2. The van der Waals surface area contributed by atoms with Gasteiger partial charge in [-0.25, -0.2) is 0 Å². The Morgan fingerprint density at radius 1 is 0.920 bits per heavy atom. The van der Waals surface area contributed by atoms with Gasteiger partial charge in [-0.2, -0.15) is 0 Å². The average Bonchev–Trinajstić information content (AvgIpc) is 2.34. The highest BCUT2D eigenvalue weighted by Gasteiger charge is 2.41. The van der Waals surface area contributed by atoms with E-state index < -0.39 is 16.7 Å². The fourth-order valence-electron chi connectivity index (χ4n) is 2.29. The first-order chi connectivity index (χ1) is 11.1. The molecule has 0 radical (unpaired) electrons. The first kappa shape index (κ1) is 24.4. The van der Waals surface area contributed by atoms with Gasteiger partial charge in [0.2, 0.25) is 0 Å². The zero-order chi connectivity index (χ0) is 19.9. The van der Waals surface area contributed by atoms with E-state index in [0.717, 1.165) is 25.7 Å². The highest BCUT2D eigenvalue weighted by atomic mass is 16.6. The molecular formula is C20H41NO4. The second-order valence-corrected chi connectivity index (χ2v) is 9.55. The molecule has 1 unspecified atom stereocenters. The molecule has 1 atom stereocenters. The number of carbonyl (C=O) groups excluding carboxylic acids is 1. The molecule has 0 saturated heterocycles. The highest BCUT2D eigenvalue weighted by molar-refractivity contribution is 5.69. The van der Waals surface area contributed by atoms with E-state index in [9.17, 15) is 9.90 Å². The number of carbonyl (C=O) groups is 1. The molecule has 5 heteroatoms. The van der Waals surface area contributed by atoms with E-state index in [0.29, 0.717) is 19.4 Å². The van der Waals surface area contributed by atoms with Gasteiger partial charge in [0, 0.05) is 18.4 Å². The summed E-state index contributed by atoms with van der Waals surface area (Å²) in [5.74, 6) is -0.266. The Labute approximate surface area is 154 Å². The van der Waals surface area contributed by atoms with Gasteiger partial charge in [-0.05, 0) is 60.8 Å². The predicted molar refractivity (Wildman–Crippen MR) is 102 cm³/mol. The molecule has 3 N–H and O–H groups in total. The number of ether oxygens (including phenoxy) is 2. The van der Waals surface area contributed by atoms with Crippen molar-refractivity contribution in [1.29, 1.82) is 0 Å². The van der Waals surface area contributed by atoms with Crippen molar-refractivity contribution in [1.82, 2.24) is 0 Å². The zero-order valence-corrected chi connectivity index (χ0v) is 17.7. The van der Waals surface area contributed by atoms with Crippen LogP contribution in [0.4, 0.5) is 0 Å². The Kier molecular flexibility index (Phi) is 9.09. The molecule has 0 aromatic heterocycles. The number of esters is 1. The maximum Gasteiger partial charge on any atom is 0.307 e. The van der Waals surface area contributed by atoms with Crippen molar-refractivity contribution in [2.24, 2.45) is 11.1 Å². The predicted octanol–water partition coefficient (Wildman–Crippen LogP) is 4.16. The lowest BCUT2D eigenvalue weighted by Gasteiger charge is -2.40. The monoisotopic (exact) mass is 359 g/mol. The van der Waals surface area contributed by atoms with Crippen molar-refractivity contribution in [2.45, 2.75) is 111 Å². The molecular weight excluding hydrogens is 318 g/mol. The van der Waals surface area contributed by atoms with Crippen molar-refractivity contribution < 1.29 is 19.4 Å². The van der Waals surface area contributed by atoms with Gasteiger partial charge >= 0.3 is 5.97 Å². The van der Waals surface area contributed by atoms with Crippen LogP contribution in [0.15, 0.2) is 0 Å². The van der Waals surface area contributed by atoms with E-state index in [-0.39, 0.29) is 11.6 Å². The van der Waals surface area contributed by atoms with Crippen LogP contribution in [0.25, 0.3) is 0 Å². The second-order valence-electron chi connectivity index (χ2n) is 9.55. The maximum absolute atomic E-state index is 12.1. The standard InChI is InChI=1S/C20H41NO4/c1-17(2,3)24-15-14-18(4,5)20(8,21)25-16(22)12-10-9-11-13-19(6,7)23/h23H,9-15,21H2,1-8H3. The van der Waals surface area contributed by atoms with E-state index in [4.69, 9.17) is 15.2 Å². The summed E-state index contributed by atoms with van der Waals surface area (Å²) in [6, 6.07) is 0. The molecule has 0 rings (SSSR count). The summed E-state index contributed by atoms with van der Waals surface area (Å²) in [5.41, 5.74) is 4.03. The van der Waals surface area contributed by atoms with Crippen LogP contribution in [0.1, 0.15) is 93.9 Å². The summed E-state index contributed by atoms with van der Waals surface area (Å²) < 4.78 is 11.3. The fraction of sp³-hybridized carbons (Fsp3) is 0.950. The van der Waals surface area contributed by atoms with E-state index in [1.54, 1.807) is 20.8 Å². The number of aliphatic hydroxyl groups is 1. The Bertz CT molecular complexity index is 403. The van der Waals surface area contributed by atoms with Gasteiger partial charge in [0.1, 0.15) is 0 Å². The fourth-order valence-corrected chi connectivity index (χ4v) is 2.29. The minimum Gasteiger partial charge on any atom is -0.444 e. The smallest absolute Gasteiger partial charge is 0.307 e. The lowest BCUT2D eigenvalue weighted by Crippen LogP contribution is -2.54. The Balaban J connectivity index is 4.27. The second kappa shape index (κ2) is 9.33. The molecule has 0 bridgehead atoms. The highest BCUT2D eigenvalue weighted by Crippen LogP contribution is 2.34. The average molecular weight is 360 g/mol. The normalized spacial score (nSPS) is 15.8.